The molecule has 0 aliphatic rings. The lowest BCUT2D eigenvalue weighted by Crippen LogP contribution is -2.30. The normalized spacial score (nSPS) is 10.1. The Morgan fingerprint density at radius 1 is 0.818 bits per heavy atom. The molecule has 3 aromatic rings. The summed E-state index contributed by atoms with van der Waals surface area (Å²) in [6, 6.07) is 21.5. The Hall–Kier alpha value is -4.46. The molecule has 0 atom stereocenters. The zero-order chi connectivity index (χ0) is 23.6. The van der Waals surface area contributed by atoms with E-state index in [1.54, 1.807) is 60.7 Å². The Kier molecular flexibility index (Phi) is 7.91. The molecule has 0 bridgehead atoms. The van der Waals surface area contributed by atoms with Crippen LogP contribution in [0.5, 0.6) is 5.75 Å². The number of amides is 2. The van der Waals surface area contributed by atoms with Crippen LogP contribution in [0, 0.1) is 0 Å². The number of nitrogens with one attached hydrogen (secondary N) is 2. The van der Waals surface area contributed by atoms with Crippen molar-refractivity contribution in [3.8, 4) is 5.75 Å². The molecule has 0 aliphatic carbocycles. The summed E-state index contributed by atoms with van der Waals surface area (Å²) in [5, 5.41) is 5.08. The fourth-order valence-corrected chi connectivity index (χ4v) is 2.82. The maximum Gasteiger partial charge on any atom is 0.343 e. The lowest BCUT2D eigenvalue weighted by Gasteiger charge is -2.09. The summed E-state index contributed by atoms with van der Waals surface area (Å²) in [4.78, 5) is 47.5. The molecule has 0 radical (unpaired) electrons. The highest BCUT2D eigenvalue weighted by atomic mass is 16.5. The van der Waals surface area contributed by atoms with Gasteiger partial charge in [-0.2, -0.15) is 0 Å². The van der Waals surface area contributed by atoms with Crippen LogP contribution in [0.4, 0.5) is 5.69 Å². The minimum atomic E-state index is -0.629. The number of benzene rings is 3. The van der Waals surface area contributed by atoms with Crippen LogP contribution in [0.1, 0.15) is 33.2 Å². The van der Waals surface area contributed by atoms with Crippen LogP contribution >= 0.6 is 0 Å². The second-order valence-electron chi connectivity index (χ2n) is 7.00. The highest BCUT2D eigenvalue weighted by Crippen LogP contribution is 2.14. The predicted molar refractivity (Wildman–Crippen MR) is 121 cm³/mol. The minimum Gasteiger partial charge on any atom is -0.460 e. The largest absolute Gasteiger partial charge is 0.460 e. The van der Waals surface area contributed by atoms with Crippen molar-refractivity contribution in [3.63, 3.8) is 0 Å². The maximum absolute atomic E-state index is 12.3. The number of carbonyl (C=O) groups excluding carboxylic acids is 4. The lowest BCUT2D eigenvalue weighted by molar-refractivity contribution is -0.143. The number of carbonyl (C=O) groups is 4. The molecule has 0 aliphatic heterocycles. The van der Waals surface area contributed by atoms with Crippen LogP contribution in [-0.2, 0) is 20.9 Å². The highest BCUT2D eigenvalue weighted by molar-refractivity contribution is 5.97. The van der Waals surface area contributed by atoms with E-state index in [9.17, 15) is 19.2 Å². The summed E-state index contributed by atoms with van der Waals surface area (Å²) in [5.41, 5.74) is 1.82. The first-order valence-corrected chi connectivity index (χ1v) is 10.1. The van der Waals surface area contributed by atoms with E-state index in [1.165, 1.54) is 19.1 Å². The fraction of sp³-hybridized carbons (Fsp3) is 0.120. The van der Waals surface area contributed by atoms with Gasteiger partial charge in [0.1, 0.15) is 18.9 Å². The molecule has 0 unspecified atom stereocenters. The third kappa shape index (κ3) is 7.32. The summed E-state index contributed by atoms with van der Waals surface area (Å²) in [5.74, 6) is -1.39. The van der Waals surface area contributed by atoms with Crippen molar-refractivity contribution in [1.29, 1.82) is 0 Å². The average molecular weight is 446 g/mol. The van der Waals surface area contributed by atoms with Gasteiger partial charge in [-0.3, -0.25) is 14.4 Å². The smallest absolute Gasteiger partial charge is 0.343 e. The number of rotatable bonds is 8. The van der Waals surface area contributed by atoms with Gasteiger partial charge in [0, 0.05) is 18.2 Å². The zero-order valence-corrected chi connectivity index (χ0v) is 17.9. The number of hydrogen-bond acceptors (Lipinski definition) is 6. The Morgan fingerprint density at radius 3 is 2.24 bits per heavy atom. The van der Waals surface area contributed by atoms with Gasteiger partial charge in [0.25, 0.3) is 5.91 Å². The van der Waals surface area contributed by atoms with Crippen molar-refractivity contribution >= 4 is 29.4 Å². The first-order valence-electron chi connectivity index (χ1n) is 10.1. The van der Waals surface area contributed by atoms with Gasteiger partial charge in [0.2, 0.25) is 5.91 Å². The Labute approximate surface area is 190 Å². The average Bonchev–Trinajstić information content (AvgIpc) is 2.82. The zero-order valence-electron chi connectivity index (χ0n) is 17.9. The van der Waals surface area contributed by atoms with Crippen molar-refractivity contribution in [2.24, 2.45) is 0 Å². The summed E-state index contributed by atoms with van der Waals surface area (Å²) in [6.07, 6.45) is 0. The van der Waals surface area contributed by atoms with Crippen molar-refractivity contribution in [2.75, 3.05) is 11.9 Å². The fourth-order valence-electron chi connectivity index (χ4n) is 2.82. The summed E-state index contributed by atoms with van der Waals surface area (Å²) < 4.78 is 10.5. The molecular formula is C25H22N2O6. The van der Waals surface area contributed by atoms with Gasteiger partial charge in [-0.05, 0) is 54.1 Å². The van der Waals surface area contributed by atoms with E-state index in [0.29, 0.717) is 28.1 Å². The van der Waals surface area contributed by atoms with Crippen LogP contribution in [0.3, 0.4) is 0 Å². The van der Waals surface area contributed by atoms with E-state index < -0.39 is 17.8 Å². The molecule has 168 valence electrons. The molecule has 0 fully saturated rings. The van der Waals surface area contributed by atoms with E-state index in [0.717, 1.165) is 0 Å². The molecule has 33 heavy (non-hydrogen) atoms. The lowest BCUT2D eigenvalue weighted by atomic mass is 10.1. The van der Waals surface area contributed by atoms with Gasteiger partial charge < -0.3 is 20.1 Å². The van der Waals surface area contributed by atoms with E-state index in [1.807, 2.05) is 6.07 Å². The number of ether oxygens (including phenoxy) is 2. The predicted octanol–water partition coefficient (Wildman–Crippen LogP) is 3.34. The monoisotopic (exact) mass is 446 g/mol. The molecule has 0 heterocycles. The van der Waals surface area contributed by atoms with Gasteiger partial charge in [-0.1, -0.05) is 30.3 Å². The molecule has 0 spiro atoms. The first-order chi connectivity index (χ1) is 15.9. The summed E-state index contributed by atoms with van der Waals surface area (Å²) >= 11 is 0. The number of esters is 2. The van der Waals surface area contributed by atoms with E-state index in [-0.39, 0.29) is 19.1 Å². The third-order valence-electron chi connectivity index (χ3n) is 4.38. The van der Waals surface area contributed by atoms with Crippen molar-refractivity contribution in [3.05, 3.63) is 95.6 Å². The van der Waals surface area contributed by atoms with Crippen molar-refractivity contribution in [1.82, 2.24) is 5.32 Å². The minimum absolute atomic E-state index is 0.0629. The Bertz CT molecular complexity index is 1140. The van der Waals surface area contributed by atoms with Gasteiger partial charge in [-0.25, -0.2) is 4.79 Å². The molecule has 2 N–H and O–H groups in total. The third-order valence-corrected chi connectivity index (χ3v) is 4.38. The first kappa shape index (κ1) is 23.2. The van der Waals surface area contributed by atoms with Crippen molar-refractivity contribution < 1.29 is 28.7 Å². The molecule has 0 aromatic heterocycles. The van der Waals surface area contributed by atoms with Crippen LogP contribution in [0.2, 0.25) is 0 Å². The summed E-state index contributed by atoms with van der Waals surface area (Å²) in [7, 11) is 0. The van der Waals surface area contributed by atoms with E-state index >= 15 is 0 Å². The SMILES string of the molecule is CC(=O)Nc1ccc(C(=O)NCC(=O)OCc2cccc(C(=O)Oc3ccccc3)c2)cc1. The molecule has 2 amide bonds. The number of para-hydroxylation sites is 1. The second kappa shape index (κ2) is 11.2. The van der Waals surface area contributed by atoms with Gasteiger partial charge in [0.05, 0.1) is 5.56 Å². The van der Waals surface area contributed by atoms with Crippen molar-refractivity contribution in [2.45, 2.75) is 13.5 Å². The number of anilines is 1. The van der Waals surface area contributed by atoms with Crippen LogP contribution in [0.25, 0.3) is 0 Å². The molecular weight excluding hydrogens is 424 g/mol. The van der Waals surface area contributed by atoms with E-state index in [4.69, 9.17) is 9.47 Å². The topological polar surface area (TPSA) is 111 Å². The molecule has 8 heteroatoms. The maximum atomic E-state index is 12.3. The Balaban J connectivity index is 1.46. The Morgan fingerprint density at radius 2 is 1.55 bits per heavy atom. The summed E-state index contributed by atoms with van der Waals surface area (Å²) in [6.45, 7) is 1.01. The second-order valence-corrected chi connectivity index (χ2v) is 7.00. The molecule has 3 rings (SSSR count). The quantitative estimate of drug-likeness (QED) is 0.406. The van der Waals surface area contributed by atoms with Crippen LogP contribution in [0.15, 0.2) is 78.9 Å². The van der Waals surface area contributed by atoms with Gasteiger partial charge in [0.15, 0.2) is 0 Å². The standard InChI is InChI=1S/C25H22N2O6/c1-17(28)27-21-12-10-19(11-13-21)24(30)26-15-23(29)32-16-18-6-5-7-20(14-18)25(31)33-22-8-3-2-4-9-22/h2-14H,15-16H2,1H3,(H,26,30)(H,27,28). The van der Waals surface area contributed by atoms with Crippen LogP contribution < -0.4 is 15.4 Å². The van der Waals surface area contributed by atoms with Gasteiger partial charge in [-0.15, -0.1) is 0 Å². The number of hydrogen-bond donors (Lipinski definition) is 2. The molecule has 0 saturated carbocycles. The molecule has 0 saturated heterocycles. The van der Waals surface area contributed by atoms with E-state index in [2.05, 4.69) is 10.6 Å². The van der Waals surface area contributed by atoms with Crippen LogP contribution in [-0.4, -0.2) is 30.3 Å². The highest BCUT2D eigenvalue weighted by Gasteiger charge is 2.12. The molecule has 3 aromatic carbocycles. The van der Waals surface area contributed by atoms with Gasteiger partial charge >= 0.3 is 11.9 Å². The molecule has 8 nitrogen and oxygen atoms in total.